The minimum Gasteiger partial charge on any atom is -0.493 e. The van der Waals surface area contributed by atoms with Crippen LogP contribution in [0.25, 0.3) is 16.8 Å². The van der Waals surface area contributed by atoms with Crippen LogP contribution >= 0.6 is 0 Å². The number of nitrogens with two attached hydrogens (primary N) is 1. The fourth-order valence-electron chi connectivity index (χ4n) is 4.57. The van der Waals surface area contributed by atoms with Gasteiger partial charge in [0.15, 0.2) is 17.2 Å². The Hall–Kier alpha value is -4.41. The van der Waals surface area contributed by atoms with Crippen molar-refractivity contribution in [3.05, 3.63) is 59.4 Å². The van der Waals surface area contributed by atoms with Crippen LogP contribution in [0.1, 0.15) is 22.7 Å². The van der Waals surface area contributed by atoms with Gasteiger partial charge in [0.2, 0.25) is 0 Å². The molecule has 5 heterocycles. The molecule has 1 aromatic carbocycles. The van der Waals surface area contributed by atoms with Crippen LogP contribution in [-0.2, 0) is 6.54 Å². The van der Waals surface area contributed by atoms with Crippen LogP contribution in [0.15, 0.2) is 36.8 Å². The third kappa shape index (κ3) is 2.93. The molecule has 0 saturated heterocycles. The van der Waals surface area contributed by atoms with E-state index in [9.17, 15) is 14.3 Å². The van der Waals surface area contributed by atoms with Gasteiger partial charge in [0.1, 0.15) is 17.9 Å². The molecule has 1 amide bonds. The molecule has 3 N–H and O–H groups in total. The number of rotatable bonds is 1. The molecule has 4 aromatic rings. The summed E-state index contributed by atoms with van der Waals surface area (Å²) >= 11 is 0. The molecule has 0 fully saturated rings. The van der Waals surface area contributed by atoms with Crippen LogP contribution < -0.4 is 20.1 Å². The minimum absolute atomic E-state index is 0.172. The van der Waals surface area contributed by atoms with Gasteiger partial charge >= 0.3 is 6.09 Å². The summed E-state index contributed by atoms with van der Waals surface area (Å²) in [6.07, 6.45) is 1.79. The second-order valence-electron chi connectivity index (χ2n) is 8.29. The first kappa shape index (κ1) is 20.2. The summed E-state index contributed by atoms with van der Waals surface area (Å²) in [5.74, 6) is 0.256. The molecule has 1 atom stereocenters. The number of halogens is 1. The van der Waals surface area contributed by atoms with Crippen LogP contribution in [0, 0.1) is 12.7 Å². The molecule has 2 aliphatic heterocycles. The second kappa shape index (κ2) is 7.30. The lowest BCUT2D eigenvalue weighted by Crippen LogP contribution is -2.31. The van der Waals surface area contributed by atoms with E-state index in [0.29, 0.717) is 46.1 Å². The standard InChI is InChI=1S/C23H19FN6O4/c1-11-17(25)4-12(6-26-11)14-5-19-22(30-10-27-28-21(14)30)29(23(31)32)7-15-16(24)2-3-18-20(15)13(8-33-18)9-34-19/h2-6,10,13H,7-9,25H2,1H3,(H,31,32)/t13-/m0/s1. The Bertz CT molecular complexity index is 1490. The van der Waals surface area contributed by atoms with Gasteiger partial charge in [0.25, 0.3) is 0 Å². The van der Waals surface area contributed by atoms with Gasteiger partial charge < -0.3 is 20.3 Å². The summed E-state index contributed by atoms with van der Waals surface area (Å²) in [7, 11) is 0. The van der Waals surface area contributed by atoms with Crippen molar-refractivity contribution >= 4 is 23.2 Å². The van der Waals surface area contributed by atoms with Gasteiger partial charge in [-0.1, -0.05) is 0 Å². The fourth-order valence-corrected chi connectivity index (χ4v) is 4.57. The van der Waals surface area contributed by atoms with E-state index in [1.807, 2.05) is 0 Å². The maximum Gasteiger partial charge on any atom is 0.413 e. The number of carboxylic acid groups (broad SMARTS) is 1. The molecule has 11 heteroatoms. The van der Waals surface area contributed by atoms with E-state index in [2.05, 4.69) is 15.2 Å². The minimum atomic E-state index is -1.27. The monoisotopic (exact) mass is 462 g/mol. The molecule has 0 saturated carbocycles. The number of aromatic nitrogens is 4. The largest absolute Gasteiger partial charge is 0.493 e. The van der Waals surface area contributed by atoms with Crippen LogP contribution in [0.4, 0.5) is 20.7 Å². The number of carbonyl (C=O) groups is 1. The molecule has 34 heavy (non-hydrogen) atoms. The number of nitrogen functional groups attached to an aromatic ring is 1. The van der Waals surface area contributed by atoms with Crippen molar-refractivity contribution in [2.75, 3.05) is 23.8 Å². The molecule has 10 nitrogen and oxygen atoms in total. The maximum absolute atomic E-state index is 15.0. The Morgan fingerprint density at radius 1 is 1.24 bits per heavy atom. The Balaban J connectivity index is 1.60. The number of hydrogen-bond acceptors (Lipinski definition) is 7. The average molecular weight is 462 g/mol. The third-order valence-electron chi connectivity index (χ3n) is 6.30. The normalized spacial score (nSPS) is 16.6. The van der Waals surface area contributed by atoms with Crippen molar-refractivity contribution in [2.45, 2.75) is 19.4 Å². The second-order valence-corrected chi connectivity index (χ2v) is 8.29. The molecule has 0 unspecified atom stereocenters. The van der Waals surface area contributed by atoms with Gasteiger partial charge in [-0.3, -0.25) is 14.3 Å². The smallest absolute Gasteiger partial charge is 0.413 e. The van der Waals surface area contributed by atoms with E-state index < -0.39 is 11.9 Å². The van der Waals surface area contributed by atoms with Crippen LogP contribution in [0.5, 0.6) is 11.5 Å². The van der Waals surface area contributed by atoms with E-state index in [4.69, 9.17) is 15.2 Å². The summed E-state index contributed by atoms with van der Waals surface area (Å²) in [5, 5.41) is 18.4. The number of ether oxygens (including phenoxy) is 2. The van der Waals surface area contributed by atoms with Gasteiger partial charge in [0, 0.05) is 28.5 Å². The summed E-state index contributed by atoms with van der Waals surface area (Å²) < 4.78 is 28.4. The molecule has 0 radical (unpaired) electrons. The Morgan fingerprint density at radius 2 is 2.03 bits per heavy atom. The number of benzene rings is 1. The Kier molecular flexibility index (Phi) is 4.34. The first-order chi connectivity index (χ1) is 16.4. The third-order valence-corrected chi connectivity index (χ3v) is 6.30. The average Bonchev–Trinajstić information content (AvgIpc) is 3.46. The highest BCUT2D eigenvalue weighted by Gasteiger charge is 2.35. The van der Waals surface area contributed by atoms with Crippen LogP contribution in [-0.4, -0.2) is 44.0 Å². The van der Waals surface area contributed by atoms with Gasteiger partial charge in [-0.25, -0.2) is 9.18 Å². The van der Waals surface area contributed by atoms with E-state index in [1.54, 1.807) is 31.3 Å². The number of amides is 1. The summed E-state index contributed by atoms with van der Waals surface area (Å²) in [6, 6.07) is 6.33. The van der Waals surface area contributed by atoms with E-state index in [1.165, 1.54) is 16.8 Å². The number of aryl methyl sites for hydroxylation is 1. The molecule has 0 bridgehead atoms. The number of pyridine rings is 2. The highest BCUT2D eigenvalue weighted by Crippen LogP contribution is 2.43. The first-order valence-electron chi connectivity index (χ1n) is 10.6. The highest BCUT2D eigenvalue weighted by molar-refractivity contribution is 5.91. The Morgan fingerprint density at radius 3 is 2.79 bits per heavy atom. The molecule has 0 spiro atoms. The molecular weight excluding hydrogens is 443 g/mol. The predicted molar refractivity (Wildman–Crippen MR) is 120 cm³/mol. The van der Waals surface area contributed by atoms with Crippen molar-refractivity contribution in [2.24, 2.45) is 0 Å². The molecule has 0 aliphatic carbocycles. The summed E-state index contributed by atoms with van der Waals surface area (Å²) in [5.41, 5.74) is 9.85. The lowest BCUT2D eigenvalue weighted by Gasteiger charge is -2.24. The van der Waals surface area contributed by atoms with E-state index in [-0.39, 0.29) is 36.2 Å². The molecule has 3 aromatic heterocycles. The van der Waals surface area contributed by atoms with Gasteiger partial charge in [-0.05, 0) is 31.2 Å². The van der Waals surface area contributed by atoms with Gasteiger partial charge in [-0.2, -0.15) is 0 Å². The zero-order valence-corrected chi connectivity index (χ0v) is 18.0. The molecule has 2 aliphatic rings. The zero-order chi connectivity index (χ0) is 23.6. The number of anilines is 2. The van der Waals surface area contributed by atoms with Gasteiger partial charge in [-0.15, -0.1) is 10.2 Å². The van der Waals surface area contributed by atoms with Crippen LogP contribution in [0.3, 0.4) is 0 Å². The van der Waals surface area contributed by atoms with Crippen LogP contribution in [0.2, 0.25) is 0 Å². The maximum atomic E-state index is 15.0. The number of fused-ring (bicyclic) bond motifs is 3. The number of nitrogens with zero attached hydrogens (tertiary/aromatic N) is 5. The van der Waals surface area contributed by atoms with Crippen molar-refractivity contribution in [3.8, 4) is 22.6 Å². The number of hydrogen-bond donors (Lipinski definition) is 2. The summed E-state index contributed by atoms with van der Waals surface area (Å²) in [4.78, 5) is 17.8. The SMILES string of the molecule is Cc1ncc(-c2cc3c(n4cnnc24)N(C(=O)O)Cc2c(F)ccc4c2[C@@H](CO4)CO3)cc1N. The first-order valence-corrected chi connectivity index (χ1v) is 10.6. The van der Waals surface area contributed by atoms with E-state index >= 15 is 0 Å². The molecule has 6 rings (SSSR count). The Labute approximate surface area is 192 Å². The molecule has 172 valence electrons. The van der Waals surface area contributed by atoms with Gasteiger partial charge in [0.05, 0.1) is 37.1 Å². The summed E-state index contributed by atoms with van der Waals surface area (Å²) in [6.45, 7) is 2.06. The van der Waals surface area contributed by atoms with Crippen molar-refractivity contribution in [1.29, 1.82) is 0 Å². The quantitative estimate of drug-likeness (QED) is 0.441. The highest BCUT2D eigenvalue weighted by atomic mass is 19.1. The fraction of sp³-hybridized carbons (Fsp3) is 0.217. The van der Waals surface area contributed by atoms with Crippen molar-refractivity contribution in [1.82, 2.24) is 19.6 Å². The lowest BCUT2D eigenvalue weighted by atomic mass is 9.95. The predicted octanol–water partition coefficient (Wildman–Crippen LogP) is 3.37. The lowest BCUT2D eigenvalue weighted by molar-refractivity contribution is 0.200. The topological polar surface area (TPSA) is 128 Å². The zero-order valence-electron chi connectivity index (χ0n) is 18.0. The molecular formula is C23H19FN6O4. The van der Waals surface area contributed by atoms with Crippen molar-refractivity contribution in [3.63, 3.8) is 0 Å². The van der Waals surface area contributed by atoms with E-state index in [0.717, 1.165) is 4.90 Å². The van der Waals surface area contributed by atoms with Crippen molar-refractivity contribution < 1.29 is 23.8 Å².